The molecule has 4 heterocycles. The molecule has 10 aromatic rings. The van der Waals surface area contributed by atoms with E-state index in [2.05, 4.69) is 174 Å². The summed E-state index contributed by atoms with van der Waals surface area (Å²) in [5.41, 5.74) is 19.8. The van der Waals surface area contributed by atoms with Gasteiger partial charge in [0, 0.05) is 57.8 Å². The maximum atomic E-state index is 5.03. The number of nitrogens with zero attached hydrogens (tertiary/aromatic N) is 4. The molecule has 0 N–H and O–H groups in total. The van der Waals surface area contributed by atoms with Gasteiger partial charge >= 0.3 is 0 Å². The van der Waals surface area contributed by atoms with Crippen molar-refractivity contribution < 1.29 is 0 Å². The second-order valence-corrected chi connectivity index (χ2v) is 15.7. The van der Waals surface area contributed by atoms with Crippen molar-refractivity contribution in [1.29, 1.82) is 0 Å². The molecule has 58 heavy (non-hydrogen) atoms. The third-order valence-electron chi connectivity index (χ3n) is 12.0. The van der Waals surface area contributed by atoms with Crippen LogP contribution in [0, 0.1) is 0 Å². The Labute approximate surface area is 337 Å². The molecule has 1 aliphatic carbocycles. The van der Waals surface area contributed by atoms with Crippen LogP contribution in [-0.4, -0.2) is 19.5 Å². The number of hydrogen-bond donors (Lipinski definition) is 0. The molecule has 11 rings (SSSR count). The molecule has 6 aromatic carbocycles. The Balaban J connectivity index is 0.895. The fourth-order valence-electron chi connectivity index (χ4n) is 8.99. The van der Waals surface area contributed by atoms with Crippen LogP contribution in [0.25, 0.3) is 94.5 Å². The molecule has 0 aliphatic heterocycles. The molecule has 0 saturated heterocycles. The van der Waals surface area contributed by atoms with Crippen LogP contribution in [-0.2, 0) is 5.41 Å². The molecule has 0 unspecified atom stereocenters. The van der Waals surface area contributed by atoms with Crippen LogP contribution in [0.5, 0.6) is 0 Å². The minimum atomic E-state index is -0.150. The number of pyridine rings is 3. The van der Waals surface area contributed by atoms with Gasteiger partial charge in [0.05, 0.1) is 22.4 Å². The number of hydrogen-bond acceptors (Lipinski definition) is 3. The van der Waals surface area contributed by atoms with Gasteiger partial charge in [-0.05, 0) is 128 Å². The lowest BCUT2D eigenvalue weighted by Crippen LogP contribution is -2.15. The van der Waals surface area contributed by atoms with Gasteiger partial charge in [0.1, 0.15) is 0 Å². The van der Waals surface area contributed by atoms with Crippen molar-refractivity contribution in [3.8, 4) is 72.7 Å². The first-order valence-electron chi connectivity index (χ1n) is 19.8. The summed E-state index contributed by atoms with van der Waals surface area (Å²) in [6.07, 6.45) is 7.25. The summed E-state index contributed by atoms with van der Waals surface area (Å²) >= 11 is 0. The molecule has 1 aliphatic rings. The van der Waals surface area contributed by atoms with Crippen LogP contribution < -0.4 is 0 Å². The van der Waals surface area contributed by atoms with E-state index in [9.17, 15) is 0 Å². The van der Waals surface area contributed by atoms with Crippen molar-refractivity contribution >= 4 is 21.8 Å². The average molecular weight is 743 g/mol. The van der Waals surface area contributed by atoms with Crippen molar-refractivity contribution in [2.24, 2.45) is 0 Å². The topological polar surface area (TPSA) is 43.6 Å². The second kappa shape index (κ2) is 13.4. The Bertz CT molecular complexity index is 3050. The van der Waals surface area contributed by atoms with Gasteiger partial charge in [0.15, 0.2) is 0 Å². The zero-order chi connectivity index (χ0) is 38.8. The van der Waals surface area contributed by atoms with E-state index in [0.717, 1.165) is 33.6 Å². The van der Waals surface area contributed by atoms with E-state index in [0.29, 0.717) is 0 Å². The Hall–Kier alpha value is -7.43. The highest BCUT2D eigenvalue weighted by Crippen LogP contribution is 2.51. The summed E-state index contributed by atoms with van der Waals surface area (Å²) < 4.78 is 2.38. The first-order valence-corrected chi connectivity index (χ1v) is 19.8. The van der Waals surface area contributed by atoms with Crippen molar-refractivity contribution in [3.05, 3.63) is 206 Å². The zero-order valence-corrected chi connectivity index (χ0v) is 32.3. The SMILES string of the molecule is CC1(C)c2cc(-c3ccc(-c4cc(-c5ccncc5)nc(-c5ccncc5)c4)cc3)ccc2-c2ccc(-c3ccc(-n4c5ccccc5c5ccccc54)cc3)cc21. The van der Waals surface area contributed by atoms with Gasteiger partial charge in [-0.2, -0.15) is 0 Å². The largest absolute Gasteiger partial charge is 0.309 e. The Morgan fingerprint density at radius 3 is 1.28 bits per heavy atom. The van der Waals surface area contributed by atoms with Crippen LogP contribution in [0.4, 0.5) is 0 Å². The zero-order valence-electron chi connectivity index (χ0n) is 32.3. The highest BCUT2D eigenvalue weighted by Gasteiger charge is 2.36. The lowest BCUT2D eigenvalue weighted by Gasteiger charge is -2.22. The van der Waals surface area contributed by atoms with Crippen molar-refractivity contribution in [3.63, 3.8) is 0 Å². The molecule has 274 valence electrons. The molecule has 0 radical (unpaired) electrons. The molecule has 0 saturated carbocycles. The van der Waals surface area contributed by atoms with Crippen LogP contribution in [0.2, 0.25) is 0 Å². The fourth-order valence-corrected chi connectivity index (χ4v) is 8.99. The van der Waals surface area contributed by atoms with E-state index < -0.39 is 0 Å². The van der Waals surface area contributed by atoms with Crippen LogP contribution >= 0.6 is 0 Å². The van der Waals surface area contributed by atoms with Gasteiger partial charge in [-0.15, -0.1) is 0 Å². The number of fused-ring (bicyclic) bond motifs is 6. The van der Waals surface area contributed by atoms with E-state index in [1.807, 2.05) is 49.1 Å². The summed E-state index contributed by atoms with van der Waals surface area (Å²) in [6.45, 7) is 4.73. The van der Waals surface area contributed by atoms with Crippen LogP contribution in [0.15, 0.2) is 195 Å². The molecule has 4 aromatic heterocycles. The van der Waals surface area contributed by atoms with E-state index >= 15 is 0 Å². The monoisotopic (exact) mass is 742 g/mol. The van der Waals surface area contributed by atoms with Crippen LogP contribution in [0.3, 0.4) is 0 Å². The smallest absolute Gasteiger partial charge is 0.0716 e. The maximum Gasteiger partial charge on any atom is 0.0716 e. The van der Waals surface area contributed by atoms with Gasteiger partial charge < -0.3 is 4.57 Å². The van der Waals surface area contributed by atoms with Gasteiger partial charge in [-0.3, -0.25) is 9.97 Å². The normalized spacial score (nSPS) is 12.8. The summed E-state index contributed by atoms with van der Waals surface area (Å²) in [4.78, 5) is 13.5. The van der Waals surface area contributed by atoms with Crippen molar-refractivity contribution in [2.75, 3.05) is 0 Å². The van der Waals surface area contributed by atoms with Crippen molar-refractivity contribution in [1.82, 2.24) is 19.5 Å². The molecule has 0 atom stereocenters. The molecule has 4 nitrogen and oxygen atoms in total. The number of rotatable bonds is 6. The van der Waals surface area contributed by atoms with E-state index in [-0.39, 0.29) is 5.41 Å². The van der Waals surface area contributed by atoms with Gasteiger partial charge in [-0.25, -0.2) is 4.98 Å². The number of benzene rings is 6. The molecular weight excluding hydrogens is 705 g/mol. The molecule has 0 amide bonds. The van der Waals surface area contributed by atoms with E-state index in [1.165, 1.54) is 72.0 Å². The van der Waals surface area contributed by atoms with E-state index in [1.54, 1.807) is 0 Å². The third kappa shape index (κ3) is 5.56. The van der Waals surface area contributed by atoms with Gasteiger partial charge in [0.25, 0.3) is 0 Å². The maximum absolute atomic E-state index is 5.03. The minimum Gasteiger partial charge on any atom is -0.309 e. The van der Waals surface area contributed by atoms with Crippen LogP contribution in [0.1, 0.15) is 25.0 Å². The predicted molar refractivity (Wildman–Crippen MR) is 239 cm³/mol. The highest BCUT2D eigenvalue weighted by atomic mass is 15.0. The Morgan fingerprint density at radius 2 is 0.793 bits per heavy atom. The quantitative estimate of drug-likeness (QED) is 0.170. The first kappa shape index (κ1) is 33.9. The molecule has 0 bridgehead atoms. The van der Waals surface area contributed by atoms with Crippen molar-refractivity contribution in [2.45, 2.75) is 19.3 Å². The molecule has 0 spiro atoms. The molecule has 0 fully saturated rings. The molecular formula is C54H38N4. The Kier molecular flexibility index (Phi) is 7.80. The van der Waals surface area contributed by atoms with Gasteiger partial charge in [0.2, 0.25) is 0 Å². The summed E-state index contributed by atoms with van der Waals surface area (Å²) in [5, 5.41) is 2.55. The third-order valence-corrected chi connectivity index (χ3v) is 12.0. The summed E-state index contributed by atoms with van der Waals surface area (Å²) in [6, 6.07) is 61.7. The number of aromatic nitrogens is 4. The summed E-state index contributed by atoms with van der Waals surface area (Å²) in [7, 11) is 0. The molecule has 4 heteroatoms. The van der Waals surface area contributed by atoms with Gasteiger partial charge in [-0.1, -0.05) is 111 Å². The standard InChI is InChI=1S/C54H38N4/c1-54(2)48-31-40(35-11-13-37(14-12-35)42-33-50(38-23-27-55-28-24-38)57-51(34-42)39-25-29-56-30-26-39)17-21-44(48)45-22-18-41(32-49(45)54)36-15-19-43(20-16-36)58-52-9-5-3-7-46(52)47-8-4-6-10-53(47)58/h3-34H,1-2H3. The Morgan fingerprint density at radius 1 is 0.379 bits per heavy atom. The predicted octanol–water partition coefficient (Wildman–Crippen LogP) is 13.6. The first-order chi connectivity index (χ1) is 28.5. The lowest BCUT2D eigenvalue weighted by atomic mass is 9.81. The van der Waals surface area contributed by atoms with E-state index in [4.69, 9.17) is 4.98 Å². The fraction of sp³-hybridized carbons (Fsp3) is 0.0556. The minimum absolute atomic E-state index is 0.150. The summed E-state index contributed by atoms with van der Waals surface area (Å²) in [5.74, 6) is 0. The second-order valence-electron chi connectivity index (χ2n) is 15.7. The number of para-hydroxylation sites is 2. The average Bonchev–Trinajstić information content (AvgIpc) is 3.74. The lowest BCUT2D eigenvalue weighted by molar-refractivity contribution is 0.661. The highest BCUT2D eigenvalue weighted by molar-refractivity contribution is 6.09.